The molecule has 1 aromatic heterocycles. The van der Waals surface area contributed by atoms with Gasteiger partial charge in [0, 0.05) is 17.5 Å². The highest BCUT2D eigenvalue weighted by molar-refractivity contribution is 7.99. The van der Waals surface area contributed by atoms with Gasteiger partial charge in [0.1, 0.15) is 29.1 Å². The molecule has 0 fully saturated rings. The normalized spacial score (nSPS) is 11.5. The van der Waals surface area contributed by atoms with Crippen LogP contribution in [0.2, 0.25) is 0 Å². The average molecular weight is 368 g/mol. The number of halogens is 2. The zero-order valence-electron chi connectivity index (χ0n) is 15.1. The Kier molecular flexibility index (Phi) is 7.44. The van der Waals surface area contributed by atoms with Crippen LogP contribution in [0.1, 0.15) is 63.9 Å². The highest BCUT2D eigenvalue weighted by atomic mass is 32.2. The van der Waals surface area contributed by atoms with Crippen molar-refractivity contribution in [1.82, 2.24) is 9.55 Å². The van der Waals surface area contributed by atoms with E-state index in [0.717, 1.165) is 49.0 Å². The third-order valence-corrected chi connectivity index (χ3v) is 5.09. The van der Waals surface area contributed by atoms with Crippen molar-refractivity contribution in [2.45, 2.75) is 75.4 Å². The quantitative estimate of drug-likeness (QED) is 0.593. The number of hydrogen-bond acceptors (Lipinski definition) is 3. The van der Waals surface area contributed by atoms with E-state index < -0.39 is 11.6 Å². The molecule has 0 aliphatic rings. The summed E-state index contributed by atoms with van der Waals surface area (Å²) in [6, 6.07) is 3.52. The van der Waals surface area contributed by atoms with E-state index in [1.807, 2.05) is 18.4 Å². The molecule has 3 nitrogen and oxygen atoms in total. The minimum absolute atomic E-state index is 0.147. The SMILES string of the molecule is CCCCCCn1c(CO)nc(C(C)C)c1Sc1cc(F)cc(F)c1. The van der Waals surface area contributed by atoms with Gasteiger partial charge in [-0.05, 0) is 24.5 Å². The fourth-order valence-electron chi connectivity index (χ4n) is 2.73. The maximum atomic E-state index is 13.5. The van der Waals surface area contributed by atoms with Crippen molar-refractivity contribution in [3.05, 3.63) is 41.4 Å². The third kappa shape index (κ3) is 5.28. The van der Waals surface area contributed by atoms with Crippen LogP contribution in [0.3, 0.4) is 0 Å². The summed E-state index contributed by atoms with van der Waals surface area (Å²) in [5, 5.41) is 10.5. The lowest BCUT2D eigenvalue weighted by atomic mass is 10.1. The van der Waals surface area contributed by atoms with Crippen LogP contribution in [0.25, 0.3) is 0 Å². The second kappa shape index (κ2) is 9.34. The van der Waals surface area contributed by atoms with Crippen LogP contribution < -0.4 is 0 Å². The molecule has 0 spiro atoms. The van der Waals surface area contributed by atoms with Crippen molar-refractivity contribution in [2.75, 3.05) is 0 Å². The van der Waals surface area contributed by atoms with Gasteiger partial charge in [0.05, 0.1) is 5.69 Å². The Hall–Kier alpha value is -1.40. The highest BCUT2D eigenvalue weighted by Gasteiger charge is 2.20. The summed E-state index contributed by atoms with van der Waals surface area (Å²) in [7, 11) is 0. The zero-order chi connectivity index (χ0) is 18.4. The van der Waals surface area contributed by atoms with Gasteiger partial charge in [-0.25, -0.2) is 13.8 Å². The third-order valence-electron chi connectivity index (χ3n) is 4.00. The van der Waals surface area contributed by atoms with Crippen molar-refractivity contribution in [3.8, 4) is 0 Å². The predicted octanol–water partition coefficient (Wildman–Crippen LogP) is 5.51. The Bertz CT molecular complexity index is 681. The standard InChI is InChI=1S/C19H26F2N2OS/c1-4-5-6-7-8-23-17(12-24)22-18(13(2)3)19(23)25-16-10-14(20)9-15(21)11-16/h9-11,13,24H,4-8,12H2,1-3H3. The fourth-order valence-corrected chi connectivity index (χ4v) is 3.99. The second-order valence-electron chi connectivity index (χ2n) is 6.45. The second-order valence-corrected chi connectivity index (χ2v) is 7.51. The van der Waals surface area contributed by atoms with Gasteiger partial charge in [-0.3, -0.25) is 0 Å². The molecule has 138 valence electrons. The first kappa shape index (κ1) is 19.9. The van der Waals surface area contributed by atoms with Gasteiger partial charge in [-0.2, -0.15) is 0 Å². The van der Waals surface area contributed by atoms with E-state index in [4.69, 9.17) is 0 Å². The summed E-state index contributed by atoms with van der Waals surface area (Å²) < 4.78 is 29.1. The molecule has 1 aromatic carbocycles. The van der Waals surface area contributed by atoms with E-state index in [0.29, 0.717) is 10.7 Å². The van der Waals surface area contributed by atoms with Crippen molar-refractivity contribution in [2.24, 2.45) is 0 Å². The van der Waals surface area contributed by atoms with Gasteiger partial charge in [-0.1, -0.05) is 51.8 Å². The summed E-state index contributed by atoms with van der Waals surface area (Å²) in [4.78, 5) is 5.07. The topological polar surface area (TPSA) is 38.0 Å². The molecule has 0 saturated heterocycles. The summed E-state index contributed by atoms with van der Waals surface area (Å²) in [5.74, 6) is -0.419. The van der Waals surface area contributed by atoms with Crippen LogP contribution in [-0.2, 0) is 13.2 Å². The predicted molar refractivity (Wildman–Crippen MR) is 96.9 cm³/mol. The minimum Gasteiger partial charge on any atom is -0.388 e. The number of aliphatic hydroxyl groups excluding tert-OH is 1. The Balaban J connectivity index is 2.36. The van der Waals surface area contributed by atoms with Crippen LogP contribution in [0, 0.1) is 11.6 Å². The first-order valence-corrected chi connectivity index (χ1v) is 9.62. The van der Waals surface area contributed by atoms with Crippen molar-refractivity contribution in [3.63, 3.8) is 0 Å². The van der Waals surface area contributed by atoms with Crippen LogP contribution >= 0.6 is 11.8 Å². The Morgan fingerprint density at radius 3 is 2.36 bits per heavy atom. The van der Waals surface area contributed by atoms with Gasteiger partial charge in [-0.15, -0.1) is 0 Å². The number of unbranched alkanes of at least 4 members (excludes halogenated alkanes) is 3. The van der Waals surface area contributed by atoms with Gasteiger partial charge in [0.15, 0.2) is 0 Å². The minimum atomic E-state index is -0.593. The van der Waals surface area contributed by atoms with Gasteiger partial charge < -0.3 is 9.67 Å². The van der Waals surface area contributed by atoms with E-state index in [9.17, 15) is 13.9 Å². The monoisotopic (exact) mass is 368 g/mol. The number of rotatable bonds is 9. The number of aromatic nitrogens is 2. The molecule has 0 aliphatic carbocycles. The lowest BCUT2D eigenvalue weighted by Crippen LogP contribution is -2.06. The zero-order valence-corrected chi connectivity index (χ0v) is 15.9. The number of nitrogens with zero attached hydrogens (tertiary/aromatic N) is 2. The van der Waals surface area contributed by atoms with Crippen LogP contribution in [0.5, 0.6) is 0 Å². The molecule has 6 heteroatoms. The Morgan fingerprint density at radius 2 is 1.80 bits per heavy atom. The molecular formula is C19H26F2N2OS. The summed E-state index contributed by atoms with van der Waals surface area (Å²) in [6.45, 7) is 6.82. The number of hydrogen-bond donors (Lipinski definition) is 1. The molecule has 1 heterocycles. The first-order chi connectivity index (χ1) is 12.0. The van der Waals surface area contributed by atoms with Crippen molar-refractivity contribution < 1.29 is 13.9 Å². The Labute approximate surface area is 152 Å². The first-order valence-electron chi connectivity index (χ1n) is 8.80. The Morgan fingerprint density at radius 1 is 1.12 bits per heavy atom. The fraction of sp³-hybridized carbons (Fsp3) is 0.526. The van der Waals surface area contributed by atoms with E-state index in [1.165, 1.54) is 23.9 Å². The molecular weight excluding hydrogens is 342 g/mol. The van der Waals surface area contributed by atoms with Crippen LogP contribution in [0.4, 0.5) is 8.78 Å². The lowest BCUT2D eigenvalue weighted by molar-refractivity contribution is 0.263. The molecule has 2 rings (SSSR count). The van der Waals surface area contributed by atoms with Crippen molar-refractivity contribution in [1.29, 1.82) is 0 Å². The van der Waals surface area contributed by atoms with E-state index in [2.05, 4.69) is 11.9 Å². The van der Waals surface area contributed by atoms with Crippen molar-refractivity contribution >= 4 is 11.8 Å². The summed E-state index contributed by atoms with van der Waals surface area (Å²) in [5.41, 5.74) is 0.856. The van der Waals surface area contributed by atoms with E-state index in [-0.39, 0.29) is 12.5 Å². The molecule has 0 radical (unpaired) electrons. The van der Waals surface area contributed by atoms with E-state index in [1.54, 1.807) is 0 Å². The number of aliphatic hydroxyl groups is 1. The number of imidazole rings is 1. The number of benzene rings is 1. The molecule has 0 aliphatic heterocycles. The van der Waals surface area contributed by atoms with Crippen LogP contribution in [0.15, 0.2) is 28.1 Å². The smallest absolute Gasteiger partial charge is 0.135 e. The molecule has 1 N–H and O–H groups in total. The van der Waals surface area contributed by atoms with Crippen LogP contribution in [-0.4, -0.2) is 14.7 Å². The largest absolute Gasteiger partial charge is 0.388 e. The summed E-state index contributed by atoms with van der Waals surface area (Å²) >= 11 is 1.31. The molecule has 0 saturated carbocycles. The maximum absolute atomic E-state index is 13.5. The molecule has 0 unspecified atom stereocenters. The average Bonchev–Trinajstić information content (AvgIpc) is 2.88. The highest BCUT2D eigenvalue weighted by Crippen LogP contribution is 2.35. The maximum Gasteiger partial charge on any atom is 0.135 e. The molecule has 0 amide bonds. The van der Waals surface area contributed by atoms with E-state index >= 15 is 0 Å². The molecule has 0 atom stereocenters. The molecule has 2 aromatic rings. The summed E-state index contributed by atoms with van der Waals surface area (Å²) in [6.07, 6.45) is 4.41. The molecule has 25 heavy (non-hydrogen) atoms. The van der Waals surface area contributed by atoms with Gasteiger partial charge in [0.25, 0.3) is 0 Å². The van der Waals surface area contributed by atoms with Gasteiger partial charge in [0.2, 0.25) is 0 Å². The lowest BCUT2D eigenvalue weighted by Gasteiger charge is -2.13. The van der Waals surface area contributed by atoms with Gasteiger partial charge >= 0.3 is 0 Å². The molecule has 0 bridgehead atoms.